The average Bonchev–Trinajstić information content (AvgIpc) is 3.36. The number of halogens is 3. The SMILES string of the molecule is C/C=C\C(=C/C)C1(CCCCN)Cc2c(cc(F)c(Cl)c2-c2c(C)cnc(OCCOC(C)C)c2F)O1.CC.CNC=O. The van der Waals surface area contributed by atoms with E-state index >= 15 is 8.78 Å². The lowest BCUT2D eigenvalue weighted by atomic mass is 9.82. The first-order chi connectivity index (χ1) is 20.6. The molecule has 3 N–H and O–H groups in total. The topological polar surface area (TPSA) is 95.7 Å². The fourth-order valence-corrected chi connectivity index (χ4v) is 5.04. The number of amides is 1. The van der Waals surface area contributed by atoms with Gasteiger partial charge in [0.2, 0.25) is 6.41 Å². The molecule has 1 aromatic carbocycles. The summed E-state index contributed by atoms with van der Waals surface area (Å²) in [6, 6.07) is 1.30. The number of allylic oxidation sites excluding steroid dienone is 2. The van der Waals surface area contributed by atoms with E-state index in [0.717, 1.165) is 18.4 Å². The van der Waals surface area contributed by atoms with Gasteiger partial charge >= 0.3 is 0 Å². The third-order valence-corrected chi connectivity index (χ3v) is 6.96. The zero-order valence-electron chi connectivity index (χ0n) is 26.8. The molecule has 0 bridgehead atoms. The number of nitrogens with one attached hydrogen (secondary N) is 1. The Kier molecular flexibility index (Phi) is 17.1. The van der Waals surface area contributed by atoms with Crippen molar-refractivity contribution in [3.05, 3.63) is 63.8 Å². The number of hydrogen-bond donors (Lipinski definition) is 2. The Balaban J connectivity index is 0.00000142. The number of aryl methyl sites for hydroxylation is 1. The van der Waals surface area contributed by atoms with Gasteiger partial charge in [-0.05, 0) is 71.6 Å². The molecule has 0 saturated carbocycles. The Labute approximate surface area is 260 Å². The van der Waals surface area contributed by atoms with Gasteiger partial charge in [-0.15, -0.1) is 0 Å². The van der Waals surface area contributed by atoms with Gasteiger partial charge in [-0.1, -0.05) is 43.7 Å². The number of aromatic nitrogens is 1. The Hall–Kier alpha value is -3.01. The second-order valence-corrected chi connectivity index (χ2v) is 10.3. The number of unbranched alkanes of at least 4 members (excludes halogenated alkanes) is 1. The van der Waals surface area contributed by atoms with E-state index in [2.05, 4.69) is 10.3 Å². The van der Waals surface area contributed by atoms with Crippen molar-refractivity contribution < 1.29 is 27.8 Å². The van der Waals surface area contributed by atoms with Crippen LogP contribution >= 0.6 is 11.6 Å². The third kappa shape index (κ3) is 10.0. The maximum Gasteiger partial charge on any atom is 0.251 e. The molecule has 0 fully saturated rings. The number of rotatable bonds is 13. The second kappa shape index (κ2) is 19.3. The van der Waals surface area contributed by atoms with Gasteiger partial charge in [-0.3, -0.25) is 4.79 Å². The van der Waals surface area contributed by atoms with E-state index in [1.807, 2.05) is 59.8 Å². The highest BCUT2D eigenvalue weighted by molar-refractivity contribution is 6.34. The molecule has 0 radical (unpaired) electrons. The number of carbonyl (C=O) groups is 1. The third-order valence-electron chi connectivity index (χ3n) is 6.59. The van der Waals surface area contributed by atoms with Crippen molar-refractivity contribution in [1.29, 1.82) is 0 Å². The van der Waals surface area contributed by atoms with Crippen LogP contribution in [0.2, 0.25) is 5.02 Å². The minimum atomic E-state index is -0.741. The number of nitrogens with zero attached hydrogens (tertiary/aromatic N) is 1. The summed E-state index contributed by atoms with van der Waals surface area (Å²) in [5, 5.41) is 2.09. The molecule has 240 valence electrons. The van der Waals surface area contributed by atoms with E-state index in [1.54, 1.807) is 14.0 Å². The summed E-state index contributed by atoms with van der Waals surface area (Å²) in [6.07, 6.45) is 10.8. The van der Waals surface area contributed by atoms with E-state index in [9.17, 15) is 0 Å². The molecule has 2 aromatic rings. The Morgan fingerprint density at radius 1 is 1.23 bits per heavy atom. The minimum Gasteiger partial charge on any atom is -0.482 e. The lowest BCUT2D eigenvalue weighted by Crippen LogP contribution is -2.36. The van der Waals surface area contributed by atoms with Crippen LogP contribution in [0.15, 0.2) is 36.1 Å². The van der Waals surface area contributed by atoms with Gasteiger partial charge in [0.05, 0.1) is 17.7 Å². The Morgan fingerprint density at radius 2 is 1.91 bits per heavy atom. The molecule has 0 spiro atoms. The highest BCUT2D eigenvalue weighted by atomic mass is 35.5. The number of ether oxygens (including phenoxy) is 3. The summed E-state index contributed by atoms with van der Waals surface area (Å²) >= 11 is 6.54. The number of pyridine rings is 1. The van der Waals surface area contributed by atoms with Crippen molar-refractivity contribution in [3.63, 3.8) is 0 Å². The van der Waals surface area contributed by atoms with Crippen LogP contribution in [0, 0.1) is 18.6 Å². The van der Waals surface area contributed by atoms with Gasteiger partial charge in [0, 0.05) is 42.4 Å². The quantitative estimate of drug-likeness (QED) is 0.136. The first kappa shape index (κ1) is 38.0. The van der Waals surface area contributed by atoms with Crippen LogP contribution in [0.4, 0.5) is 8.78 Å². The van der Waals surface area contributed by atoms with Gasteiger partial charge in [0.15, 0.2) is 5.82 Å². The summed E-state index contributed by atoms with van der Waals surface area (Å²) in [7, 11) is 1.56. The summed E-state index contributed by atoms with van der Waals surface area (Å²) in [6.45, 7) is 14.4. The van der Waals surface area contributed by atoms with Gasteiger partial charge in [-0.2, -0.15) is 0 Å². The molecule has 0 saturated heterocycles. The van der Waals surface area contributed by atoms with Crippen LogP contribution in [0.25, 0.3) is 11.1 Å². The molecule has 3 rings (SSSR count). The summed E-state index contributed by atoms with van der Waals surface area (Å²) in [5.74, 6) is -1.20. The molecule has 0 aliphatic carbocycles. The van der Waals surface area contributed by atoms with E-state index < -0.39 is 17.2 Å². The van der Waals surface area contributed by atoms with Gasteiger partial charge < -0.3 is 25.3 Å². The standard InChI is InChI=1S/C29H37ClF2N2O3.C2H5NO.C2H6/c1-6-10-20(7-2)29(11-8-9-12-33)16-21-23(37-29)15-22(31)26(30)25(21)24-19(5)17-34-28(27(24)32)36-14-13-35-18(3)4;1-3-2-4;1-2/h6-7,10,15,17-18H,8-9,11-14,16,33H2,1-5H3;2H,1H3,(H,3,4);1-2H3/b10-6-,20-7+;;. The van der Waals surface area contributed by atoms with E-state index in [1.165, 1.54) is 12.3 Å². The largest absolute Gasteiger partial charge is 0.482 e. The van der Waals surface area contributed by atoms with Crippen molar-refractivity contribution in [2.75, 3.05) is 26.8 Å². The zero-order chi connectivity index (χ0) is 32.6. The fraction of sp³-hybridized carbons (Fsp3) is 0.515. The average molecular weight is 624 g/mol. The molecule has 1 aliphatic heterocycles. The number of carbonyl (C=O) groups excluding carboxylic acids is 1. The van der Waals surface area contributed by atoms with Gasteiger partial charge in [0.25, 0.3) is 5.88 Å². The fourth-order valence-electron chi connectivity index (χ4n) is 4.78. The monoisotopic (exact) mass is 623 g/mol. The van der Waals surface area contributed by atoms with Crippen molar-refractivity contribution in [3.8, 4) is 22.8 Å². The molecule has 2 heterocycles. The molecule has 43 heavy (non-hydrogen) atoms. The van der Waals surface area contributed by atoms with E-state index in [4.69, 9.17) is 36.3 Å². The normalized spacial score (nSPS) is 15.7. The van der Waals surface area contributed by atoms with Crippen LogP contribution in [-0.4, -0.2) is 49.9 Å². The molecular formula is C33H48ClF2N3O4. The van der Waals surface area contributed by atoms with Crippen molar-refractivity contribution in [1.82, 2.24) is 10.3 Å². The van der Waals surface area contributed by atoms with Crippen LogP contribution in [0.1, 0.15) is 71.9 Å². The van der Waals surface area contributed by atoms with Gasteiger partial charge in [-0.25, -0.2) is 13.8 Å². The number of fused-ring (bicyclic) bond motifs is 1. The predicted molar refractivity (Wildman–Crippen MR) is 171 cm³/mol. The van der Waals surface area contributed by atoms with Crippen LogP contribution < -0.4 is 20.5 Å². The summed E-state index contributed by atoms with van der Waals surface area (Å²) < 4.78 is 48.6. The number of nitrogens with two attached hydrogens (primary N) is 1. The molecule has 1 atom stereocenters. The highest BCUT2D eigenvalue weighted by Crippen LogP contribution is 2.50. The zero-order valence-corrected chi connectivity index (χ0v) is 27.5. The smallest absolute Gasteiger partial charge is 0.251 e. The summed E-state index contributed by atoms with van der Waals surface area (Å²) in [4.78, 5) is 13.2. The molecular weight excluding hydrogens is 576 g/mol. The molecule has 1 aromatic heterocycles. The molecule has 10 heteroatoms. The van der Waals surface area contributed by atoms with Crippen LogP contribution in [0.3, 0.4) is 0 Å². The maximum absolute atomic E-state index is 15.9. The molecule has 1 amide bonds. The van der Waals surface area contributed by atoms with Crippen molar-refractivity contribution >= 4 is 18.0 Å². The maximum atomic E-state index is 15.9. The molecule has 7 nitrogen and oxygen atoms in total. The molecule has 1 unspecified atom stereocenters. The Morgan fingerprint density at radius 3 is 2.47 bits per heavy atom. The second-order valence-electron chi connectivity index (χ2n) is 9.90. The first-order valence-electron chi connectivity index (χ1n) is 14.8. The Bertz CT molecular complexity index is 1240. The lowest BCUT2D eigenvalue weighted by molar-refractivity contribution is -0.109. The lowest BCUT2D eigenvalue weighted by Gasteiger charge is -2.30. The van der Waals surface area contributed by atoms with Crippen LogP contribution in [-0.2, 0) is 16.0 Å². The highest BCUT2D eigenvalue weighted by Gasteiger charge is 2.44. The number of benzene rings is 1. The molecule has 1 aliphatic rings. The number of hydrogen-bond acceptors (Lipinski definition) is 6. The predicted octanol–water partition coefficient (Wildman–Crippen LogP) is 7.51. The first-order valence-corrected chi connectivity index (χ1v) is 15.2. The van der Waals surface area contributed by atoms with E-state index in [-0.39, 0.29) is 41.3 Å². The van der Waals surface area contributed by atoms with Crippen molar-refractivity contribution in [2.45, 2.75) is 85.9 Å². The van der Waals surface area contributed by atoms with Crippen LogP contribution in [0.5, 0.6) is 11.6 Å². The van der Waals surface area contributed by atoms with Crippen molar-refractivity contribution in [2.24, 2.45) is 5.73 Å². The minimum absolute atomic E-state index is 0.0263. The van der Waals surface area contributed by atoms with Gasteiger partial charge in [0.1, 0.15) is 23.8 Å². The summed E-state index contributed by atoms with van der Waals surface area (Å²) in [5.41, 5.74) is 7.57. The van der Waals surface area contributed by atoms with E-state index in [0.29, 0.717) is 42.7 Å².